The quantitative estimate of drug-likeness (QED) is 0.889. The van der Waals surface area contributed by atoms with Crippen molar-refractivity contribution in [3.63, 3.8) is 0 Å². The molecule has 0 fully saturated rings. The van der Waals surface area contributed by atoms with Gasteiger partial charge in [-0.2, -0.15) is 0 Å². The zero-order chi connectivity index (χ0) is 16.2. The largest absolute Gasteiger partial charge is 0.355 e. The summed E-state index contributed by atoms with van der Waals surface area (Å²) in [6, 6.07) is 14.3. The van der Waals surface area contributed by atoms with Crippen molar-refractivity contribution in [1.82, 2.24) is 10.2 Å². The van der Waals surface area contributed by atoms with E-state index in [0.29, 0.717) is 13.0 Å². The number of rotatable bonds is 6. The van der Waals surface area contributed by atoms with Crippen LogP contribution in [0.1, 0.15) is 19.4 Å². The number of amides is 1. The number of carbonyl (C=O) groups excluding carboxylic acids is 1. The molecule has 3 nitrogen and oxygen atoms in total. The van der Waals surface area contributed by atoms with Gasteiger partial charge in [-0.05, 0) is 35.8 Å². The lowest BCUT2D eigenvalue weighted by molar-refractivity contribution is -0.120. The average Bonchev–Trinajstić information content (AvgIpc) is 2.44. The Morgan fingerprint density at radius 3 is 2.50 bits per heavy atom. The van der Waals surface area contributed by atoms with E-state index in [0.717, 1.165) is 17.5 Å². The van der Waals surface area contributed by atoms with Gasteiger partial charge in [0.05, 0.1) is 6.42 Å². The molecule has 0 aliphatic carbocycles. The molecule has 0 aliphatic heterocycles. The molecule has 0 radical (unpaired) electrons. The predicted octanol–water partition coefficient (Wildman–Crippen LogP) is 3.09. The highest BCUT2D eigenvalue weighted by molar-refractivity contribution is 5.90. The predicted molar refractivity (Wildman–Crippen MR) is 93.0 cm³/mol. The fraction of sp³-hybridized carbons (Fsp3) is 0.421. The molecule has 2 aromatic rings. The second-order valence-electron chi connectivity index (χ2n) is 6.99. The van der Waals surface area contributed by atoms with Crippen molar-refractivity contribution < 1.29 is 4.79 Å². The van der Waals surface area contributed by atoms with Crippen molar-refractivity contribution in [2.45, 2.75) is 20.3 Å². The summed E-state index contributed by atoms with van der Waals surface area (Å²) in [5.41, 5.74) is 1.15. The summed E-state index contributed by atoms with van der Waals surface area (Å²) in [6.45, 7) is 5.98. The maximum Gasteiger partial charge on any atom is 0.224 e. The molecule has 2 rings (SSSR count). The van der Waals surface area contributed by atoms with Crippen LogP contribution >= 0.6 is 0 Å². The molecule has 0 aromatic heterocycles. The normalized spacial score (nSPS) is 11.9. The van der Waals surface area contributed by atoms with Gasteiger partial charge in [0.25, 0.3) is 0 Å². The summed E-state index contributed by atoms with van der Waals surface area (Å²) in [6.07, 6.45) is 0.430. The molecule has 1 N–H and O–H groups in total. The Morgan fingerprint density at radius 2 is 1.77 bits per heavy atom. The molecular weight excluding hydrogens is 272 g/mol. The molecule has 0 unspecified atom stereocenters. The fourth-order valence-electron chi connectivity index (χ4n) is 2.93. The van der Waals surface area contributed by atoms with Crippen LogP contribution in [0.25, 0.3) is 10.8 Å². The Balaban J connectivity index is 2.00. The van der Waals surface area contributed by atoms with Crippen molar-refractivity contribution in [1.29, 1.82) is 0 Å². The third-order valence-electron chi connectivity index (χ3n) is 3.74. The van der Waals surface area contributed by atoms with Crippen molar-refractivity contribution in [3.05, 3.63) is 48.0 Å². The van der Waals surface area contributed by atoms with E-state index in [1.807, 2.05) is 24.3 Å². The topological polar surface area (TPSA) is 32.3 Å². The van der Waals surface area contributed by atoms with Gasteiger partial charge in [0.15, 0.2) is 0 Å². The highest BCUT2D eigenvalue weighted by Crippen LogP contribution is 2.19. The molecule has 0 saturated carbocycles. The molecule has 0 aliphatic rings. The van der Waals surface area contributed by atoms with E-state index in [1.54, 1.807) is 0 Å². The number of hydrogen-bond donors (Lipinski definition) is 1. The van der Waals surface area contributed by atoms with Crippen molar-refractivity contribution in [2.75, 3.05) is 27.2 Å². The standard InChI is InChI=1S/C19H26N2O/c1-19(2,14-21(3)4)13-20-18(22)12-16-10-7-9-15-8-5-6-11-17(15)16/h5-11H,12-14H2,1-4H3,(H,20,22). The van der Waals surface area contributed by atoms with Crippen LogP contribution in [0.5, 0.6) is 0 Å². The third kappa shape index (κ3) is 4.57. The van der Waals surface area contributed by atoms with Crippen LogP contribution in [-0.2, 0) is 11.2 Å². The molecule has 0 atom stereocenters. The van der Waals surface area contributed by atoms with Gasteiger partial charge >= 0.3 is 0 Å². The average molecular weight is 298 g/mol. The SMILES string of the molecule is CN(C)CC(C)(C)CNC(=O)Cc1cccc2ccccc12. The minimum absolute atomic E-state index is 0.0674. The molecule has 0 saturated heterocycles. The summed E-state index contributed by atoms with van der Waals surface area (Å²) in [5.74, 6) is 0.0863. The van der Waals surface area contributed by atoms with Crippen LogP contribution in [-0.4, -0.2) is 38.0 Å². The van der Waals surface area contributed by atoms with E-state index >= 15 is 0 Å². The molecule has 0 bridgehead atoms. The second kappa shape index (κ2) is 6.93. The van der Waals surface area contributed by atoms with Gasteiger partial charge in [0.1, 0.15) is 0 Å². The van der Waals surface area contributed by atoms with E-state index in [2.05, 4.69) is 56.4 Å². The lowest BCUT2D eigenvalue weighted by Crippen LogP contribution is -2.40. The van der Waals surface area contributed by atoms with Crippen LogP contribution in [0, 0.1) is 5.41 Å². The lowest BCUT2D eigenvalue weighted by atomic mass is 9.93. The second-order valence-corrected chi connectivity index (χ2v) is 6.99. The Bertz CT molecular complexity index is 641. The van der Waals surface area contributed by atoms with Gasteiger partial charge in [0, 0.05) is 13.1 Å². The minimum atomic E-state index is 0.0674. The highest BCUT2D eigenvalue weighted by Gasteiger charge is 2.19. The fourth-order valence-corrected chi connectivity index (χ4v) is 2.93. The van der Waals surface area contributed by atoms with Crippen LogP contribution in [0.3, 0.4) is 0 Å². The van der Waals surface area contributed by atoms with E-state index in [1.165, 1.54) is 5.39 Å². The van der Waals surface area contributed by atoms with Gasteiger partial charge in [-0.3, -0.25) is 4.79 Å². The zero-order valence-corrected chi connectivity index (χ0v) is 14.0. The van der Waals surface area contributed by atoms with Crippen LogP contribution in [0.2, 0.25) is 0 Å². The molecule has 0 heterocycles. The maximum atomic E-state index is 12.3. The van der Waals surface area contributed by atoms with Gasteiger partial charge in [-0.25, -0.2) is 0 Å². The third-order valence-corrected chi connectivity index (χ3v) is 3.74. The Labute approximate surface area is 133 Å². The first-order valence-corrected chi connectivity index (χ1v) is 7.75. The summed E-state index contributed by atoms with van der Waals surface area (Å²) in [4.78, 5) is 14.4. The number of nitrogens with zero attached hydrogens (tertiary/aromatic N) is 1. The summed E-state index contributed by atoms with van der Waals surface area (Å²) < 4.78 is 0. The Hall–Kier alpha value is -1.87. The van der Waals surface area contributed by atoms with Crippen LogP contribution < -0.4 is 5.32 Å². The van der Waals surface area contributed by atoms with Crippen LogP contribution in [0.4, 0.5) is 0 Å². The summed E-state index contributed by atoms with van der Waals surface area (Å²) in [5, 5.41) is 5.42. The number of carbonyl (C=O) groups is 1. The first kappa shape index (κ1) is 16.5. The highest BCUT2D eigenvalue weighted by atomic mass is 16.1. The summed E-state index contributed by atoms with van der Waals surface area (Å²) in [7, 11) is 4.11. The molecule has 2 aromatic carbocycles. The number of benzene rings is 2. The minimum Gasteiger partial charge on any atom is -0.355 e. The molecule has 22 heavy (non-hydrogen) atoms. The molecule has 3 heteroatoms. The lowest BCUT2D eigenvalue weighted by Gasteiger charge is -2.28. The first-order valence-electron chi connectivity index (χ1n) is 7.75. The molecular formula is C19H26N2O. The van der Waals surface area contributed by atoms with E-state index < -0.39 is 0 Å². The van der Waals surface area contributed by atoms with Crippen molar-refractivity contribution in [2.24, 2.45) is 5.41 Å². The maximum absolute atomic E-state index is 12.3. The first-order chi connectivity index (χ1) is 10.4. The van der Waals surface area contributed by atoms with Crippen LogP contribution in [0.15, 0.2) is 42.5 Å². The number of fused-ring (bicyclic) bond motifs is 1. The number of hydrogen-bond acceptors (Lipinski definition) is 2. The van der Waals surface area contributed by atoms with Gasteiger partial charge < -0.3 is 10.2 Å². The Kier molecular flexibility index (Phi) is 5.19. The molecule has 1 amide bonds. The molecule has 0 spiro atoms. The van der Waals surface area contributed by atoms with E-state index in [9.17, 15) is 4.79 Å². The summed E-state index contributed by atoms with van der Waals surface area (Å²) >= 11 is 0. The van der Waals surface area contributed by atoms with Gasteiger partial charge in [-0.1, -0.05) is 56.3 Å². The van der Waals surface area contributed by atoms with Gasteiger partial charge in [0.2, 0.25) is 5.91 Å². The monoisotopic (exact) mass is 298 g/mol. The smallest absolute Gasteiger partial charge is 0.224 e. The van der Waals surface area contributed by atoms with Crippen molar-refractivity contribution >= 4 is 16.7 Å². The van der Waals surface area contributed by atoms with E-state index in [-0.39, 0.29) is 11.3 Å². The molecule has 118 valence electrons. The number of nitrogens with one attached hydrogen (secondary N) is 1. The van der Waals surface area contributed by atoms with Crippen molar-refractivity contribution in [3.8, 4) is 0 Å². The Morgan fingerprint density at radius 1 is 1.09 bits per heavy atom. The zero-order valence-electron chi connectivity index (χ0n) is 14.0. The van der Waals surface area contributed by atoms with Gasteiger partial charge in [-0.15, -0.1) is 0 Å². The van der Waals surface area contributed by atoms with E-state index in [4.69, 9.17) is 0 Å².